The van der Waals surface area contributed by atoms with E-state index in [1.807, 2.05) is 31.3 Å². The Morgan fingerprint density at radius 3 is 3.04 bits per heavy atom. The number of amidine groups is 1. The van der Waals surface area contributed by atoms with Gasteiger partial charge in [0.1, 0.15) is 24.1 Å². The van der Waals surface area contributed by atoms with Gasteiger partial charge in [0.25, 0.3) is 0 Å². The molecule has 2 aliphatic heterocycles. The summed E-state index contributed by atoms with van der Waals surface area (Å²) >= 11 is 6.05. The Kier molecular flexibility index (Phi) is 5.13. The fourth-order valence-corrected chi connectivity index (χ4v) is 3.64. The maximum Gasteiger partial charge on any atom is 0.136 e. The molecule has 28 heavy (non-hydrogen) atoms. The molecular weight excluding hydrogens is 374 g/mol. The van der Waals surface area contributed by atoms with Crippen LogP contribution in [0, 0.1) is 11.3 Å². The fourth-order valence-electron chi connectivity index (χ4n) is 3.47. The number of fused-ring (bicyclic) bond motifs is 1. The topological polar surface area (TPSA) is 80.4 Å². The molecule has 0 spiro atoms. The van der Waals surface area contributed by atoms with Crippen molar-refractivity contribution in [1.82, 2.24) is 14.9 Å². The molecule has 7 nitrogen and oxygen atoms in total. The number of nitrogens with one attached hydrogen (secondary N) is 1. The molecule has 1 N–H and O–H groups in total. The van der Waals surface area contributed by atoms with E-state index in [4.69, 9.17) is 11.6 Å². The Bertz CT molecular complexity index is 993. The van der Waals surface area contributed by atoms with Crippen LogP contribution in [0.15, 0.2) is 41.8 Å². The van der Waals surface area contributed by atoms with Gasteiger partial charge in [-0.15, -0.1) is 0 Å². The molecule has 4 rings (SSSR count). The van der Waals surface area contributed by atoms with Crippen molar-refractivity contribution < 1.29 is 0 Å². The van der Waals surface area contributed by atoms with Crippen molar-refractivity contribution >= 4 is 28.9 Å². The molecule has 1 aromatic carbocycles. The number of aliphatic imine (C=N–C) groups is 1. The minimum absolute atomic E-state index is 0.566. The van der Waals surface area contributed by atoms with Crippen LogP contribution >= 0.6 is 11.6 Å². The van der Waals surface area contributed by atoms with E-state index in [1.54, 1.807) is 12.4 Å². The molecule has 0 saturated carbocycles. The lowest BCUT2D eigenvalue weighted by atomic mass is 10.0. The molecule has 8 heteroatoms. The largest absolute Gasteiger partial charge is 0.366 e. The number of aromatic nitrogens is 2. The first kappa shape index (κ1) is 18.3. The zero-order valence-electron chi connectivity index (χ0n) is 15.6. The zero-order chi connectivity index (χ0) is 19.5. The van der Waals surface area contributed by atoms with Crippen molar-refractivity contribution in [3.8, 4) is 6.07 Å². The summed E-state index contributed by atoms with van der Waals surface area (Å²) in [4.78, 5) is 17.6. The lowest BCUT2D eigenvalue weighted by Gasteiger charge is -2.32. The van der Waals surface area contributed by atoms with E-state index in [0.717, 1.165) is 48.1 Å². The molecule has 2 aliphatic rings. The normalized spacial score (nSPS) is 15.7. The van der Waals surface area contributed by atoms with Gasteiger partial charge in [0, 0.05) is 42.8 Å². The molecule has 0 atom stereocenters. The van der Waals surface area contributed by atoms with E-state index >= 15 is 0 Å². The van der Waals surface area contributed by atoms with Gasteiger partial charge in [-0.1, -0.05) is 11.6 Å². The predicted molar refractivity (Wildman–Crippen MR) is 110 cm³/mol. The molecular formula is C20H20ClN7. The lowest BCUT2D eigenvalue weighted by Crippen LogP contribution is -2.36. The van der Waals surface area contributed by atoms with Crippen molar-refractivity contribution in [2.75, 3.05) is 30.0 Å². The average Bonchev–Trinajstić information content (AvgIpc) is 2.72. The highest BCUT2D eigenvalue weighted by Gasteiger charge is 2.23. The van der Waals surface area contributed by atoms with Crippen LogP contribution < -0.4 is 10.2 Å². The third-order valence-corrected chi connectivity index (χ3v) is 5.24. The number of anilines is 2. The summed E-state index contributed by atoms with van der Waals surface area (Å²) in [7, 11) is 0. The molecule has 0 fully saturated rings. The first-order valence-corrected chi connectivity index (χ1v) is 9.49. The standard InChI is InChI=1S/C20H20ClN7/c1-14-23-6-2-7-28(14)13-26-20-17-11-27(8-5-18(17)24-12-25-20)19-4-3-16(21)9-15(19)10-22/h2-4,6,9,12H,5,7-8,11,13H2,1H3,(H,24,25,26). The SMILES string of the molecule is CC1=NC=CCN1CNc1ncnc2c1CN(c1ccc(Cl)cc1C#N)CC2. The number of rotatable bonds is 4. The van der Waals surface area contributed by atoms with Crippen molar-refractivity contribution in [3.05, 3.63) is 58.6 Å². The van der Waals surface area contributed by atoms with Gasteiger partial charge in [0.2, 0.25) is 0 Å². The van der Waals surface area contributed by atoms with Crippen LogP contribution in [0.1, 0.15) is 23.7 Å². The Labute approximate surface area is 169 Å². The van der Waals surface area contributed by atoms with Crippen LogP contribution in [0.4, 0.5) is 11.5 Å². The van der Waals surface area contributed by atoms with Crippen LogP contribution in [-0.4, -0.2) is 40.5 Å². The van der Waals surface area contributed by atoms with Crippen LogP contribution in [0.25, 0.3) is 0 Å². The molecule has 0 bridgehead atoms. The Morgan fingerprint density at radius 2 is 2.21 bits per heavy atom. The van der Waals surface area contributed by atoms with Gasteiger partial charge in [-0.05, 0) is 31.2 Å². The van der Waals surface area contributed by atoms with Gasteiger partial charge in [0.15, 0.2) is 0 Å². The Morgan fingerprint density at radius 1 is 1.32 bits per heavy atom. The smallest absolute Gasteiger partial charge is 0.136 e. The van der Waals surface area contributed by atoms with E-state index in [9.17, 15) is 5.26 Å². The van der Waals surface area contributed by atoms with Crippen LogP contribution in [0.2, 0.25) is 5.02 Å². The number of hydrogen-bond acceptors (Lipinski definition) is 7. The molecule has 0 amide bonds. The molecule has 0 aliphatic carbocycles. The van der Waals surface area contributed by atoms with Crippen LogP contribution in [0.5, 0.6) is 0 Å². The highest BCUT2D eigenvalue weighted by molar-refractivity contribution is 6.30. The second-order valence-electron chi connectivity index (χ2n) is 6.71. The number of nitrogens with zero attached hydrogens (tertiary/aromatic N) is 6. The summed E-state index contributed by atoms with van der Waals surface area (Å²) in [5.74, 6) is 1.80. The van der Waals surface area contributed by atoms with Crippen LogP contribution in [0.3, 0.4) is 0 Å². The maximum absolute atomic E-state index is 9.48. The second kappa shape index (κ2) is 7.87. The number of halogens is 1. The summed E-state index contributed by atoms with van der Waals surface area (Å²) in [6, 6.07) is 7.68. The van der Waals surface area contributed by atoms with Gasteiger partial charge in [-0.3, -0.25) is 0 Å². The third kappa shape index (κ3) is 3.64. The van der Waals surface area contributed by atoms with Gasteiger partial charge in [-0.2, -0.15) is 5.26 Å². The number of nitriles is 1. The van der Waals surface area contributed by atoms with Gasteiger partial charge in [-0.25, -0.2) is 15.0 Å². The number of benzene rings is 1. The summed E-state index contributed by atoms with van der Waals surface area (Å²) in [5, 5.41) is 13.5. The summed E-state index contributed by atoms with van der Waals surface area (Å²) in [6.07, 6.45) is 6.26. The van der Waals surface area contributed by atoms with E-state index in [-0.39, 0.29) is 0 Å². The quantitative estimate of drug-likeness (QED) is 0.859. The average molecular weight is 394 g/mol. The molecule has 0 saturated heterocycles. The Hall–Kier alpha value is -3.11. The molecule has 3 heterocycles. The molecule has 142 valence electrons. The van der Waals surface area contributed by atoms with E-state index < -0.39 is 0 Å². The van der Waals surface area contributed by atoms with Crippen molar-refractivity contribution in [2.45, 2.75) is 19.9 Å². The lowest BCUT2D eigenvalue weighted by molar-refractivity contribution is 0.484. The molecule has 0 radical (unpaired) electrons. The summed E-state index contributed by atoms with van der Waals surface area (Å²) in [5.41, 5.74) is 3.57. The van der Waals surface area contributed by atoms with E-state index in [2.05, 4.69) is 36.1 Å². The van der Waals surface area contributed by atoms with Crippen molar-refractivity contribution in [3.63, 3.8) is 0 Å². The van der Waals surface area contributed by atoms with E-state index in [0.29, 0.717) is 23.8 Å². The minimum Gasteiger partial charge on any atom is -0.366 e. The molecule has 2 aromatic rings. The monoisotopic (exact) mass is 393 g/mol. The number of hydrogen-bond donors (Lipinski definition) is 1. The molecule has 1 aromatic heterocycles. The van der Waals surface area contributed by atoms with Gasteiger partial charge in [0.05, 0.1) is 23.6 Å². The first-order chi connectivity index (χ1) is 13.7. The van der Waals surface area contributed by atoms with Crippen molar-refractivity contribution in [1.29, 1.82) is 5.26 Å². The fraction of sp³-hybridized carbons (Fsp3) is 0.300. The van der Waals surface area contributed by atoms with Gasteiger partial charge >= 0.3 is 0 Å². The minimum atomic E-state index is 0.566. The highest BCUT2D eigenvalue weighted by Crippen LogP contribution is 2.30. The van der Waals surface area contributed by atoms with Crippen LogP contribution in [-0.2, 0) is 13.0 Å². The second-order valence-corrected chi connectivity index (χ2v) is 7.15. The predicted octanol–water partition coefficient (Wildman–Crippen LogP) is 3.18. The maximum atomic E-state index is 9.48. The zero-order valence-corrected chi connectivity index (χ0v) is 16.3. The summed E-state index contributed by atoms with van der Waals surface area (Å²) in [6.45, 7) is 4.86. The molecule has 0 unspecified atom stereocenters. The summed E-state index contributed by atoms with van der Waals surface area (Å²) < 4.78 is 0. The first-order valence-electron chi connectivity index (χ1n) is 9.11. The highest BCUT2D eigenvalue weighted by atomic mass is 35.5. The van der Waals surface area contributed by atoms with Crippen molar-refractivity contribution in [2.24, 2.45) is 4.99 Å². The van der Waals surface area contributed by atoms with Gasteiger partial charge < -0.3 is 15.1 Å². The third-order valence-electron chi connectivity index (χ3n) is 5.01. The van der Waals surface area contributed by atoms with E-state index in [1.165, 1.54) is 0 Å². The Balaban J connectivity index is 1.56.